The number of hydrogen-bond donors (Lipinski definition) is 1. The Balaban J connectivity index is 2.31. The van der Waals surface area contributed by atoms with Gasteiger partial charge in [0.1, 0.15) is 0 Å². The number of aliphatic hydroxyl groups excluding tert-OH is 1. The maximum atomic E-state index is 9.68. The van der Waals surface area contributed by atoms with Crippen molar-refractivity contribution in [3.63, 3.8) is 0 Å². The van der Waals surface area contributed by atoms with Gasteiger partial charge in [-0.25, -0.2) is 0 Å². The van der Waals surface area contributed by atoms with E-state index in [-0.39, 0.29) is 6.61 Å². The predicted molar refractivity (Wildman–Crippen MR) is 87.3 cm³/mol. The van der Waals surface area contributed by atoms with Crippen LogP contribution in [0.3, 0.4) is 0 Å². The summed E-state index contributed by atoms with van der Waals surface area (Å²) < 4.78 is 12.0. The van der Waals surface area contributed by atoms with E-state index in [2.05, 4.69) is 0 Å². The minimum absolute atomic E-state index is 0.112. The Morgan fingerprint density at radius 1 is 1.24 bits per heavy atom. The molecule has 1 heterocycles. The van der Waals surface area contributed by atoms with Crippen LogP contribution in [0, 0.1) is 6.92 Å². The molecule has 1 N–H and O–H groups in total. The normalized spacial score (nSPS) is 20.9. The van der Waals surface area contributed by atoms with Gasteiger partial charge in [0.15, 0.2) is 0 Å². The zero-order valence-electron chi connectivity index (χ0n) is 13.2. The number of rotatable bonds is 3. The zero-order chi connectivity index (χ0) is 15.8. The van der Waals surface area contributed by atoms with Gasteiger partial charge in [-0.05, 0) is 63.4 Å². The van der Waals surface area contributed by atoms with Crippen molar-refractivity contribution in [1.82, 2.24) is 0 Å². The van der Waals surface area contributed by atoms with Crippen molar-refractivity contribution in [2.24, 2.45) is 0 Å². The van der Waals surface area contributed by atoms with Gasteiger partial charge >= 0.3 is 7.12 Å². The molecule has 1 aromatic rings. The van der Waals surface area contributed by atoms with Crippen molar-refractivity contribution in [2.45, 2.75) is 45.8 Å². The summed E-state index contributed by atoms with van der Waals surface area (Å²) in [5.41, 5.74) is 1.92. The SMILES string of the molecule is Cc1cc(Cl)ccc1C=C(CO)B1OC(C)(C)C(C)(C)O1. The van der Waals surface area contributed by atoms with E-state index in [1.165, 1.54) is 0 Å². The fourth-order valence-electron chi connectivity index (χ4n) is 2.18. The monoisotopic (exact) mass is 308 g/mol. The lowest BCUT2D eigenvalue weighted by atomic mass is 9.77. The fraction of sp³-hybridized carbons (Fsp3) is 0.500. The Morgan fingerprint density at radius 2 is 1.81 bits per heavy atom. The molecule has 1 saturated heterocycles. The van der Waals surface area contributed by atoms with E-state index in [1.54, 1.807) is 0 Å². The third-order valence-electron chi connectivity index (χ3n) is 4.31. The molecule has 0 aromatic heterocycles. The molecular formula is C16H22BClO3. The molecule has 0 radical (unpaired) electrons. The molecule has 0 aliphatic carbocycles. The standard InChI is InChI=1S/C16H22BClO3/c1-11-8-14(18)7-6-12(11)9-13(10-19)17-20-15(2,3)16(4,5)21-17/h6-9,19H,10H2,1-5H3. The van der Waals surface area contributed by atoms with Crippen LogP contribution in [0.4, 0.5) is 0 Å². The van der Waals surface area contributed by atoms with E-state index >= 15 is 0 Å². The average Bonchev–Trinajstić information content (AvgIpc) is 2.57. The van der Waals surface area contributed by atoms with Crippen LogP contribution in [-0.4, -0.2) is 30.0 Å². The zero-order valence-corrected chi connectivity index (χ0v) is 14.0. The van der Waals surface area contributed by atoms with Crippen LogP contribution in [-0.2, 0) is 9.31 Å². The van der Waals surface area contributed by atoms with Gasteiger partial charge in [-0.2, -0.15) is 0 Å². The number of hydrogen-bond acceptors (Lipinski definition) is 3. The van der Waals surface area contributed by atoms with Crippen molar-refractivity contribution in [2.75, 3.05) is 6.61 Å². The quantitative estimate of drug-likeness (QED) is 0.866. The van der Waals surface area contributed by atoms with Crippen LogP contribution in [0.25, 0.3) is 6.08 Å². The number of aryl methyl sites for hydroxylation is 1. The van der Waals surface area contributed by atoms with Gasteiger partial charge in [0.2, 0.25) is 0 Å². The largest absolute Gasteiger partial charge is 0.492 e. The van der Waals surface area contributed by atoms with Crippen LogP contribution in [0.5, 0.6) is 0 Å². The highest BCUT2D eigenvalue weighted by atomic mass is 35.5. The predicted octanol–water partition coefficient (Wildman–Crippen LogP) is 3.66. The Bertz CT molecular complexity index is 551. The molecule has 0 amide bonds. The van der Waals surface area contributed by atoms with Crippen LogP contribution in [0.15, 0.2) is 23.7 Å². The van der Waals surface area contributed by atoms with E-state index in [9.17, 15) is 5.11 Å². The van der Waals surface area contributed by atoms with Crippen molar-refractivity contribution in [3.8, 4) is 0 Å². The molecule has 0 unspecified atom stereocenters. The number of halogens is 1. The van der Waals surface area contributed by atoms with Crippen LogP contribution in [0.2, 0.25) is 5.02 Å². The lowest BCUT2D eigenvalue weighted by Gasteiger charge is -2.32. The van der Waals surface area contributed by atoms with E-state index < -0.39 is 18.3 Å². The highest BCUT2D eigenvalue weighted by Gasteiger charge is 2.52. The fourth-order valence-corrected chi connectivity index (χ4v) is 2.41. The van der Waals surface area contributed by atoms with Gasteiger partial charge in [-0.3, -0.25) is 0 Å². The summed E-state index contributed by atoms with van der Waals surface area (Å²) >= 11 is 5.97. The summed E-state index contributed by atoms with van der Waals surface area (Å²) in [5, 5.41) is 10.4. The molecule has 0 atom stereocenters. The van der Waals surface area contributed by atoms with Gasteiger partial charge in [0.25, 0.3) is 0 Å². The van der Waals surface area contributed by atoms with Crippen LogP contribution < -0.4 is 0 Å². The topological polar surface area (TPSA) is 38.7 Å². The van der Waals surface area contributed by atoms with E-state index in [1.807, 2.05) is 58.9 Å². The number of benzene rings is 1. The van der Waals surface area contributed by atoms with Gasteiger partial charge < -0.3 is 14.4 Å². The van der Waals surface area contributed by atoms with Gasteiger partial charge in [0, 0.05) is 5.02 Å². The third-order valence-corrected chi connectivity index (χ3v) is 4.55. The van der Waals surface area contributed by atoms with Crippen molar-refractivity contribution < 1.29 is 14.4 Å². The first-order valence-corrected chi connectivity index (χ1v) is 7.47. The summed E-state index contributed by atoms with van der Waals surface area (Å²) in [5.74, 6) is 0. The molecular weight excluding hydrogens is 286 g/mol. The highest BCUT2D eigenvalue weighted by molar-refractivity contribution is 6.55. The van der Waals surface area contributed by atoms with Gasteiger partial charge in [0.05, 0.1) is 17.8 Å². The summed E-state index contributed by atoms with van der Waals surface area (Å²) in [7, 11) is -0.532. The van der Waals surface area contributed by atoms with E-state index in [0.717, 1.165) is 11.1 Å². The molecule has 5 heteroatoms. The maximum Gasteiger partial charge on any atom is 0.492 e. The summed E-state index contributed by atoms with van der Waals surface area (Å²) in [6.45, 7) is 9.85. The molecule has 21 heavy (non-hydrogen) atoms. The molecule has 0 saturated carbocycles. The lowest BCUT2D eigenvalue weighted by Crippen LogP contribution is -2.41. The second-order valence-corrected chi connectivity index (χ2v) is 6.90. The summed E-state index contributed by atoms with van der Waals surface area (Å²) in [4.78, 5) is 0. The molecule has 1 fully saturated rings. The van der Waals surface area contributed by atoms with Crippen LogP contribution >= 0.6 is 11.6 Å². The second-order valence-electron chi connectivity index (χ2n) is 6.47. The summed E-state index contributed by atoms with van der Waals surface area (Å²) in [6, 6.07) is 5.66. The molecule has 2 rings (SSSR count). The second kappa shape index (κ2) is 5.77. The Hall–Kier alpha value is -0.805. The highest BCUT2D eigenvalue weighted by Crippen LogP contribution is 2.38. The van der Waals surface area contributed by atoms with Crippen LogP contribution in [0.1, 0.15) is 38.8 Å². The molecule has 1 aliphatic heterocycles. The Labute approximate surface area is 132 Å². The lowest BCUT2D eigenvalue weighted by molar-refractivity contribution is 0.00578. The molecule has 114 valence electrons. The average molecular weight is 309 g/mol. The minimum Gasteiger partial charge on any atom is -0.400 e. The van der Waals surface area contributed by atoms with Crippen molar-refractivity contribution in [3.05, 3.63) is 39.8 Å². The molecule has 1 aliphatic rings. The summed E-state index contributed by atoms with van der Waals surface area (Å²) in [6.07, 6.45) is 1.91. The van der Waals surface area contributed by atoms with E-state index in [0.29, 0.717) is 10.5 Å². The first kappa shape index (κ1) is 16.6. The van der Waals surface area contributed by atoms with E-state index in [4.69, 9.17) is 20.9 Å². The third kappa shape index (κ3) is 3.34. The van der Waals surface area contributed by atoms with Gasteiger partial charge in [-0.15, -0.1) is 0 Å². The molecule has 0 bridgehead atoms. The molecule has 1 aromatic carbocycles. The maximum absolute atomic E-state index is 9.68. The van der Waals surface area contributed by atoms with Crippen molar-refractivity contribution in [1.29, 1.82) is 0 Å². The molecule has 3 nitrogen and oxygen atoms in total. The Kier molecular flexibility index (Phi) is 4.55. The van der Waals surface area contributed by atoms with Gasteiger partial charge in [-0.1, -0.05) is 23.7 Å². The minimum atomic E-state index is -0.532. The molecule has 0 spiro atoms. The first-order valence-electron chi connectivity index (χ1n) is 7.09. The Morgan fingerprint density at radius 3 is 2.29 bits per heavy atom. The smallest absolute Gasteiger partial charge is 0.400 e. The number of aliphatic hydroxyl groups is 1. The first-order chi connectivity index (χ1) is 9.66. The van der Waals surface area contributed by atoms with Crippen molar-refractivity contribution >= 4 is 24.8 Å².